The maximum Gasteiger partial charge on any atom is 0.247 e. The number of piperazine rings is 1. The average Bonchev–Trinajstić information content (AvgIpc) is 2.87. The first kappa shape index (κ1) is 24.0. The molecule has 182 valence electrons. The molecule has 3 aromatic rings. The molecule has 0 spiro atoms. The topological polar surface area (TPSA) is 94.6 Å². The minimum absolute atomic E-state index is 0.296. The second kappa shape index (κ2) is 10.9. The molecule has 0 unspecified atom stereocenters. The van der Waals surface area contributed by atoms with E-state index in [2.05, 4.69) is 61.5 Å². The van der Waals surface area contributed by atoms with Gasteiger partial charge in [0.05, 0.1) is 24.7 Å². The van der Waals surface area contributed by atoms with E-state index in [0.29, 0.717) is 28.9 Å². The lowest BCUT2D eigenvalue weighted by molar-refractivity contribution is -0.111. The van der Waals surface area contributed by atoms with Crippen LogP contribution >= 0.6 is 0 Å². The van der Waals surface area contributed by atoms with E-state index in [4.69, 9.17) is 4.74 Å². The van der Waals surface area contributed by atoms with Gasteiger partial charge in [-0.1, -0.05) is 18.7 Å². The molecule has 0 atom stereocenters. The summed E-state index contributed by atoms with van der Waals surface area (Å²) in [5, 5.41) is 9.38. The highest BCUT2D eigenvalue weighted by molar-refractivity contribution is 6.01. The van der Waals surface area contributed by atoms with E-state index in [-0.39, 0.29) is 5.91 Å². The van der Waals surface area contributed by atoms with Crippen LogP contribution in [0.4, 0.5) is 34.5 Å². The van der Waals surface area contributed by atoms with Gasteiger partial charge in [0, 0.05) is 37.6 Å². The maximum absolute atomic E-state index is 11.9. The Labute approximate surface area is 205 Å². The zero-order chi connectivity index (χ0) is 24.8. The number of amides is 1. The summed E-state index contributed by atoms with van der Waals surface area (Å²) in [5.74, 6) is 1.08. The second-order valence-electron chi connectivity index (χ2n) is 8.39. The molecule has 1 aliphatic heterocycles. The van der Waals surface area contributed by atoms with Gasteiger partial charge in [0.15, 0.2) is 11.6 Å². The number of anilines is 6. The number of hydrogen-bond acceptors (Lipinski definition) is 8. The number of nitrogens with zero attached hydrogens (tertiary/aromatic N) is 4. The van der Waals surface area contributed by atoms with Gasteiger partial charge < -0.3 is 30.5 Å². The molecule has 1 fully saturated rings. The second-order valence-corrected chi connectivity index (χ2v) is 8.39. The van der Waals surface area contributed by atoms with Crippen LogP contribution in [0.15, 0.2) is 61.3 Å². The van der Waals surface area contributed by atoms with Gasteiger partial charge in [-0.2, -0.15) is 4.98 Å². The van der Waals surface area contributed by atoms with Gasteiger partial charge in [-0.3, -0.25) is 4.79 Å². The Morgan fingerprint density at radius 3 is 2.51 bits per heavy atom. The quantitative estimate of drug-likeness (QED) is 0.420. The molecule has 2 heterocycles. The van der Waals surface area contributed by atoms with Crippen molar-refractivity contribution in [2.24, 2.45) is 0 Å². The largest absolute Gasteiger partial charge is 0.491 e. The molecule has 1 aromatic heterocycles. The summed E-state index contributed by atoms with van der Waals surface area (Å²) in [6.45, 7) is 9.64. The first-order valence-electron chi connectivity index (χ1n) is 11.5. The number of likely N-dealkylation sites (N-methyl/N-ethyl adjacent to an activating group) is 1. The van der Waals surface area contributed by atoms with Crippen molar-refractivity contribution in [1.29, 1.82) is 0 Å². The third-order valence-corrected chi connectivity index (χ3v) is 5.93. The lowest BCUT2D eigenvalue weighted by Gasteiger charge is -2.34. The molecule has 3 N–H and O–H groups in total. The smallest absolute Gasteiger partial charge is 0.247 e. The number of aromatic nitrogens is 2. The average molecular weight is 474 g/mol. The molecule has 9 nitrogen and oxygen atoms in total. The zero-order valence-electron chi connectivity index (χ0n) is 20.3. The number of ether oxygens (including phenoxy) is 1. The van der Waals surface area contributed by atoms with Crippen molar-refractivity contribution in [1.82, 2.24) is 14.9 Å². The summed E-state index contributed by atoms with van der Waals surface area (Å²) in [7, 11) is 3.71. The standard InChI is InChI=1S/C26H31N7O2/c1-5-23(34)29-21-8-6-7-18(2)24(21)30-25-22(35-4)17-27-26(31-25)28-19-9-11-20(12-10-19)33-15-13-32(3)14-16-33/h5-12,17H,1,13-16H2,2-4H3,(H,29,34)(H2,27,28,30,31). The number of hydrogen-bond donors (Lipinski definition) is 3. The summed E-state index contributed by atoms with van der Waals surface area (Å²) in [4.78, 5) is 25.6. The highest BCUT2D eigenvalue weighted by atomic mass is 16.5. The fraction of sp³-hybridized carbons (Fsp3) is 0.269. The molecule has 0 saturated carbocycles. The van der Waals surface area contributed by atoms with Crippen LogP contribution in [-0.2, 0) is 4.79 Å². The molecule has 0 radical (unpaired) electrons. The van der Waals surface area contributed by atoms with Gasteiger partial charge in [0.1, 0.15) is 0 Å². The van der Waals surface area contributed by atoms with Gasteiger partial charge in [-0.25, -0.2) is 4.98 Å². The third kappa shape index (κ3) is 5.88. The van der Waals surface area contributed by atoms with Crippen LogP contribution in [0.2, 0.25) is 0 Å². The summed E-state index contributed by atoms with van der Waals surface area (Å²) >= 11 is 0. The number of methoxy groups -OCH3 is 1. The molecule has 9 heteroatoms. The molecular formula is C26H31N7O2. The van der Waals surface area contributed by atoms with E-state index in [9.17, 15) is 4.79 Å². The van der Waals surface area contributed by atoms with E-state index in [0.717, 1.165) is 37.4 Å². The van der Waals surface area contributed by atoms with E-state index < -0.39 is 0 Å². The minimum Gasteiger partial charge on any atom is -0.491 e. The van der Waals surface area contributed by atoms with Crippen molar-refractivity contribution in [2.45, 2.75) is 6.92 Å². The monoisotopic (exact) mass is 473 g/mol. The lowest BCUT2D eigenvalue weighted by Crippen LogP contribution is -2.44. The van der Waals surface area contributed by atoms with Crippen LogP contribution in [-0.4, -0.2) is 61.1 Å². The maximum atomic E-state index is 11.9. The molecule has 1 saturated heterocycles. The molecule has 35 heavy (non-hydrogen) atoms. The van der Waals surface area contributed by atoms with Crippen molar-refractivity contribution in [3.63, 3.8) is 0 Å². The summed E-state index contributed by atoms with van der Waals surface area (Å²) in [6, 6.07) is 13.9. The fourth-order valence-corrected chi connectivity index (χ4v) is 3.86. The lowest BCUT2D eigenvalue weighted by atomic mass is 10.1. The minimum atomic E-state index is -0.296. The van der Waals surface area contributed by atoms with Crippen molar-refractivity contribution in [2.75, 3.05) is 61.2 Å². The number of aryl methyl sites for hydroxylation is 1. The summed E-state index contributed by atoms with van der Waals surface area (Å²) in [6.07, 6.45) is 2.84. The molecule has 0 bridgehead atoms. The molecule has 1 amide bonds. The summed E-state index contributed by atoms with van der Waals surface area (Å²) < 4.78 is 5.47. The van der Waals surface area contributed by atoms with Gasteiger partial charge in [-0.05, 0) is 55.9 Å². The van der Waals surface area contributed by atoms with Crippen molar-refractivity contribution >= 4 is 40.4 Å². The number of benzene rings is 2. The van der Waals surface area contributed by atoms with Crippen LogP contribution in [0, 0.1) is 6.92 Å². The van der Waals surface area contributed by atoms with Gasteiger partial charge in [0.25, 0.3) is 0 Å². The fourth-order valence-electron chi connectivity index (χ4n) is 3.86. The van der Waals surface area contributed by atoms with Crippen molar-refractivity contribution in [3.05, 3.63) is 66.9 Å². The Balaban J connectivity index is 1.53. The Kier molecular flexibility index (Phi) is 7.47. The first-order chi connectivity index (χ1) is 17.0. The highest BCUT2D eigenvalue weighted by Crippen LogP contribution is 2.33. The Morgan fingerprint density at radius 1 is 1.09 bits per heavy atom. The van der Waals surface area contributed by atoms with Crippen LogP contribution < -0.4 is 25.6 Å². The first-order valence-corrected chi connectivity index (χ1v) is 11.5. The number of carbonyl (C=O) groups excluding carboxylic acids is 1. The van der Waals surface area contributed by atoms with Gasteiger partial charge >= 0.3 is 0 Å². The van der Waals surface area contributed by atoms with Gasteiger partial charge in [-0.15, -0.1) is 0 Å². The predicted molar refractivity (Wildman–Crippen MR) is 141 cm³/mol. The summed E-state index contributed by atoms with van der Waals surface area (Å²) in [5.41, 5.74) is 4.34. The SMILES string of the molecule is C=CC(=O)Nc1cccc(C)c1Nc1nc(Nc2ccc(N3CCN(C)CC3)cc2)ncc1OC. The molecule has 1 aliphatic rings. The Hall–Kier alpha value is -4.11. The molecule has 2 aromatic carbocycles. The van der Waals surface area contributed by atoms with Crippen LogP contribution in [0.3, 0.4) is 0 Å². The van der Waals surface area contributed by atoms with Crippen molar-refractivity contribution < 1.29 is 9.53 Å². The normalized spacial score (nSPS) is 13.7. The molecular weight excluding hydrogens is 442 g/mol. The zero-order valence-corrected chi connectivity index (χ0v) is 20.3. The predicted octanol–water partition coefficient (Wildman–Crippen LogP) is 4.16. The van der Waals surface area contributed by atoms with E-state index in [1.165, 1.54) is 11.8 Å². The van der Waals surface area contributed by atoms with E-state index >= 15 is 0 Å². The van der Waals surface area contributed by atoms with E-state index in [1.807, 2.05) is 37.3 Å². The van der Waals surface area contributed by atoms with Crippen LogP contribution in [0.1, 0.15) is 5.56 Å². The van der Waals surface area contributed by atoms with Gasteiger partial charge in [0.2, 0.25) is 11.9 Å². The number of nitrogens with one attached hydrogen (secondary N) is 3. The van der Waals surface area contributed by atoms with E-state index in [1.54, 1.807) is 13.3 Å². The molecule has 4 rings (SSSR count). The number of para-hydroxylation sites is 1. The van der Waals surface area contributed by atoms with Crippen LogP contribution in [0.5, 0.6) is 5.75 Å². The Bertz CT molecular complexity index is 1190. The molecule has 0 aliphatic carbocycles. The number of rotatable bonds is 8. The van der Waals surface area contributed by atoms with Crippen molar-refractivity contribution in [3.8, 4) is 5.75 Å². The Morgan fingerprint density at radius 2 is 1.83 bits per heavy atom. The third-order valence-electron chi connectivity index (χ3n) is 5.93. The number of carbonyl (C=O) groups is 1. The van der Waals surface area contributed by atoms with Crippen LogP contribution in [0.25, 0.3) is 0 Å². The highest BCUT2D eigenvalue weighted by Gasteiger charge is 2.15.